The van der Waals surface area contributed by atoms with Crippen molar-refractivity contribution < 1.29 is 17.9 Å². The van der Waals surface area contributed by atoms with E-state index < -0.39 is 15.8 Å². The molecular weight excluding hydrogens is 339 g/mol. The van der Waals surface area contributed by atoms with Crippen LogP contribution in [-0.2, 0) is 10.0 Å². The molecule has 1 saturated carbocycles. The molecule has 0 aromatic heterocycles. The molecule has 19 heavy (non-hydrogen) atoms. The maximum Gasteiger partial charge on any atom is 0.245 e. The highest BCUT2D eigenvalue weighted by Crippen LogP contribution is 2.35. The zero-order valence-corrected chi connectivity index (χ0v) is 12.4. The van der Waals surface area contributed by atoms with Crippen molar-refractivity contribution in [2.24, 2.45) is 0 Å². The Labute approximate surface area is 119 Å². The highest BCUT2D eigenvalue weighted by atomic mass is 79.9. The summed E-state index contributed by atoms with van der Waals surface area (Å²) in [5, 5.41) is 8.98. The molecule has 106 valence electrons. The molecule has 0 aliphatic heterocycles. The lowest BCUT2D eigenvalue weighted by Gasteiger charge is -2.22. The fourth-order valence-electron chi connectivity index (χ4n) is 1.85. The summed E-state index contributed by atoms with van der Waals surface area (Å²) in [5.74, 6) is -0.614. The normalized spacial score (nSPS) is 16.0. The summed E-state index contributed by atoms with van der Waals surface area (Å²) in [4.78, 5) is -0.138. The van der Waals surface area contributed by atoms with Gasteiger partial charge in [-0.15, -0.1) is 0 Å². The largest absolute Gasteiger partial charge is 0.398 e. The Hall–Kier alpha value is -0.700. The van der Waals surface area contributed by atoms with E-state index in [0.717, 1.165) is 25.0 Å². The number of sulfonamides is 1. The Kier molecular flexibility index (Phi) is 4.14. The van der Waals surface area contributed by atoms with Gasteiger partial charge in [0.15, 0.2) is 0 Å². The number of halogens is 2. The van der Waals surface area contributed by atoms with Crippen LogP contribution in [0.5, 0.6) is 0 Å². The van der Waals surface area contributed by atoms with Crippen molar-refractivity contribution >= 4 is 31.6 Å². The minimum Gasteiger partial charge on any atom is -0.398 e. The summed E-state index contributed by atoms with van der Waals surface area (Å²) in [5.41, 5.74) is 5.47. The maximum absolute atomic E-state index is 13.3. The second-order valence-electron chi connectivity index (χ2n) is 4.37. The zero-order valence-electron chi connectivity index (χ0n) is 10.0. The number of benzene rings is 1. The van der Waals surface area contributed by atoms with E-state index in [1.165, 1.54) is 4.31 Å². The van der Waals surface area contributed by atoms with Crippen molar-refractivity contribution in [3.63, 3.8) is 0 Å². The molecule has 5 nitrogen and oxygen atoms in total. The van der Waals surface area contributed by atoms with Crippen molar-refractivity contribution in [1.82, 2.24) is 4.31 Å². The van der Waals surface area contributed by atoms with E-state index in [2.05, 4.69) is 15.9 Å². The Balaban J connectivity index is 2.46. The molecule has 0 amide bonds. The van der Waals surface area contributed by atoms with Crippen LogP contribution in [0.25, 0.3) is 0 Å². The molecule has 1 fully saturated rings. The van der Waals surface area contributed by atoms with Crippen LogP contribution >= 0.6 is 15.9 Å². The van der Waals surface area contributed by atoms with Crippen molar-refractivity contribution in [3.8, 4) is 0 Å². The summed E-state index contributed by atoms with van der Waals surface area (Å²) in [6.07, 6.45) is 1.53. The van der Waals surface area contributed by atoms with Gasteiger partial charge in [0, 0.05) is 12.6 Å². The second-order valence-corrected chi connectivity index (χ2v) is 7.09. The van der Waals surface area contributed by atoms with Crippen molar-refractivity contribution in [3.05, 3.63) is 22.4 Å². The lowest BCUT2D eigenvalue weighted by molar-refractivity contribution is 0.250. The molecule has 0 radical (unpaired) electrons. The van der Waals surface area contributed by atoms with E-state index >= 15 is 0 Å². The van der Waals surface area contributed by atoms with Crippen LogP contribution in [0.3, 0.4) is 0 Å². The highest BCUT2D eigenvalue weighted by Gasteiger charge is 2.38. The molecule has 0 spiro atoms. The smallest absolute Gasteiger partial charge is 0.245 e. The molecule has 8 heteroatoms. The average molecular weight is 353 g/mol. The Bertz CT molecular complexity index is 590. The number of anilines is 1. The number of rotatable bonds is 5. The van der Waals surface area contributed by atoms with Gasteiger partial charge in [0.05, 0.1) is 16.8 Å². The van der Waals surface area contributed by atoms with Gasteiger partial charge in [-0.05, 0) is 40.9 Å². The van der Waals surface area contributed by atoms with Crippen LogP contribution in [0.15, 0.2) is 21.5 Å². The van der Waals surface area contributed by atoms with E-state index in [0.29, 0.717) is 0 Å². The first-order valence-electron chi connectivity index (χ1n) is 5.75. The highest BCUT2D eigenvalue weighted by molar-refractivity contribution is 9.10. The van der Waals surface area contributed by atoms with E-state index in [9.17, 15) is 12.8 Å². The lowest BCUT2D eigenvalue weighted by Crippen LogP contribution is -2.35. The predicted octanol–water partition coefficient (Wildman–Crippen LogP) is 1.32. The van der Waals surface area contributed by atoms with Gasteiger partial charge in [0.1, 0.15) is 10.7 Å². The second kappa shape index (κ2) is 5.35. The molecule has 0 unspecified atom stereocenters. The first-order chi connectivity index (χ1) is 8.87. The molecule has 0 saturated heterocycles. The Morgan fingerprint density at radius 2 is 2.11 bits per heavy atom. The van der Waals surface area contributed by atoms with Gasteiger partial charge in [-0.25, -0.2) is 12.8 Å². The summed E-state index contributed by atoms with van der Waals surface area (Å²) >= 11 is 2.95. The fraction of sp³-hybridized carbons (Fsp3) is 0.455. The molecule has 0 bridgehead atoms. The average Bonchev–Trinajstić information content (AvgIpc) is 3.14. The van der Waals surface area contributed by atoms with Crippen LogP contribution in [0, 0.1) is 5.82 Å². The van der Waals surface area contributed by atoms with E-state index in [-0.39, 0.29) is 34.2 Å². The van der Waals surface area contributed by atoms with Gasteiger partial charge >= 0.3 is 0 Å². The van der Waals surface area contributed by atoms with Gasteiger partial charge in [-0.3, -0.25) is 0 Å². The molecule has 3 N–H and O–H groups in total. The van der Waals surface area contributed by atoms with Gasteiger partial charge < -0.3 is 10.8 Å². The minimum absolute atomic E-state index is 0.0153. The number of nitrogens with zero attached hydrogens (tertiary/aromatic N) is 1. The van der Waals surface area contributed by atoms with Crippen LogP contribution in [0.4, 0.5) is 10.1 Å². The van der Waals surface area contributed by atoms with Gasteiger partial charge in [-0.1, -0.05) is 0 Å². The fourth-order valence-corrected chi connectivity index (χ4v) is 4.15. The van der Waals surface area contributed by atoms with Crippen molar-refractivity contribution in [2.75, 3.05) is 18.9 Å². The van der Waals surface area contributed by atoms with Crippen molar-refractivity contribution in [2.45, 2.75) is 23.8 Å². The standard InChI is InChI=1S/C11H14BrFN2O3S/c12-8-5-11(10(14)6-9(8)13)19(17,18)15(3-4-16)7-1-2-7/h5-7,16H,1-4,14H2. The van der Waals surface area contributed by atoms with Crippen LogP contribution in [-0.4, -0.2) is 37.0 Å². The molecule has 1 aliphatic carbocycles. The van der Waals surface area contributed by atoms with Crippen LogP contribution in [0.1, 0.15) is 12.8 Å². The first-order valence-corrected chi connectivity index (χ1v) is 7.98. The van der Waals surface area contributed by atoms with E-state index in [1.54, 1.807) is 0 Å². The van der Waals surface area contributed by atoms with Crippen molar-refractivity contribution in [1.29, 1.82) is 0 Å². The molecule has 0 heterocycles. The number of aliphatic hydroxyl groups is 1. The Morgan fingerprint density at radius 1 is 1.47 bits per heavy atom. The first kappa shape index (κ1) is 14.7. The maximum atomic E-state index is 13.3. The summed E-state index contributed by atoms with van der Waals surface area (Å²) in [6.45, 7) is -0.251. The summed E-state index contributed by atoms with van der Waals surface area (Å²) in [7, 11) is -3.82. The Morgan fingerprint density at radius 3 is 2.63 bits per heavy atom. The van der Waals surface area contributed by atoms with Gasteiger partial charge in [0.25, 0.3) is 0 Å². The molecule has 2 rings (SSSR count). The number of nitrogen functional groups attached to an aromatic ring is 1. The minimum atomic E-state index is -3.82. The molecule has 0 atom stereocenters. The third-order valence-electron chi connectivity index (χ3n) is 2.91. The molecule has 1 aromatic rings. The SMILES string of the molecule is Nc1cc(F)c(Br)cc1S(=O)(=O)N(CCO)C1CC1. The molecule has 1 aromatic carbocycles. The summed E-state index contributed by atoms with van der Waals surface area (Å²) < 4.78 is 39.5. The molecular formula is C11H14BrFN2O3S. The van der Waals surface area contributed by atoms with Gasteiger partial charge in [0.2, 0.25) is 10.0 Å². The summed E-state index contributed by atoms with van der Waals surface area (Å²) in [6, 6.07) is 2.04. The number of aliphatic hydroxyl groups excluding tert-OH is 1. The van der Waals surface area contributed by atoms with Gasteiger partial charge in [-0.2, -0.15) is 4.31 Å². The molecule has 1 aliphatic rings. The number of hydrogen-bond donors (Lipinski definition) is 2. The van der Waals surface area contributed by atoms with E-state index in [1.807, 2.05) is 0 Å². The third kappa shape index (κ3) is 2.91. The third-order valence-corrected chi connectivity index (χ3v) is 5.53. The predicted molar refractivity (Wildman–Crippen MR) is 72.5 cm³/mol. The topological polar surface area (TPSA) is 83.6 Å². The van der Waals surface area contributed by atoms with Crippen LogP contribution in [0.2, 0.25) is 0 Å². The number of nitrogens with two attached hydrogens (primary N) is 1. The quantitative estimate of drug-likeness (QED) is 0.782. The van der Waals surface area contributed by atoms with Crippen LogP contribution < -0.4 is 5.73 Å². The zero-order chi connectivity index (χ0) is 14.2. The monoisotopic (exact) mass is 352 g/mol. The number of hydrogen-bond acceptors (Lipinski definition) is 4. The lowest BCUT2D eigenvalue weighted by atomic mass is 10.3. The van der Waals surface area contributed by atoms with E-state index in [4.69, 9.17) is 10.8 Å².